The van der Waals surface area contributed by atoms with Crippen LogP contribution in [0.1, 0.15) is 42.9 Å². The molecule has 2 fully saturated rings. The van der Waals surface area contributed by atoms with Gasteiger partial charge in [0.05, 0.1) is 6.04 Å². The summed E-state index contributed by atoms with van der Waals surface area (Å²) in [6.07, 6.45) is 4.47. The molecule has 3 aliphatic rings. The van der Waals surface area contributed by atoms with Crippen molar-refractivity contribution in [2.45, 2.75) is 38.1 Å². The Morgan fingerprint density at radius 2 is 1.65 bits per heavy atom. The molecule has 1 aliphatic heterocycles. The zero-order valence-corrected chi connectivity index (χ0v) is 14.9. The van der Waals surface area contributed by atoms with Crippen LogP contribution in [0.25, 0.3) is 0 Å². The Balaban J connectivity index is 1.34. The van der Waals surface area contributed by atoms with Gasteiger partial charge >= 0.3 is 11.8 Å². The number of hydrogen-bond acceptors (Lipinski definition) is 3. The standard InChI is InChI=1S/C20H25N3O3/c24-18(21-17-9-8-14-4-1-2-5-16(14)17)20(26)23-11-3-10-22(12-13-23)19(25)15-6-7-15/h1-2,4-5,15,17H,3,6-13H2,(H,21,24)/t17-/m1/s1. The van der Waals surface area contributed by atoms with Crippen LogP contribution in [0.3, 0.4) is 0 Å². The van der Waals surface area contributed by atoms with Gasteiger partial charge in [0.2, 0.25) is 5.91 Å². The van der Waals surface area contributed by atoms with Crippen LogP contribution in [0.15, 0.2) is 24.3 Å². The molecule has 1 saturated heterocycles. The van der Waals surface area contributed by atoms with Crippen LogP contribution in [0.2, 0.25) is 0 Å². The molecule has 4 rings (SSSR count). The predicted octanol–water partition coefficient (Wildman–Crippen LogP) is 1.26. The molecule has 6 heteroatoms. The fraction of sp³-hybridized carbons (Fsp3) is 0.550. The van der Waals surface area contributed by atoms with Crippen LogP contribution in [0.5, 0.6) is 0 Å². The summed E-state index contributed by atoms with van der Waals surface area (Å²) in [4.78, 5) is 40.7. The molecule has 1 aromatic carbocycles. The van der Waals surface area contributed by atoms with E-state index >= 15 is 0 Å². The van der Waals surface area contributed by atoms with Crippen LogP contribution in [0.4, 0.5) is 0 Å². The van der Waals surface area contributed by atoms with Crippen molar-refractivity contribution < 1.29 is 14.4 Å². The Morgan fingerprint density at radius 1 is 0.923 bits per heavy atom. The normalized spacial score (nSPS) is 22.5. The fourth-order valence-corrected chi connectivity index (χ4v) is 4.00. The van der Waals surface area contributed by atoms with Gasteiger partial charge in [-0.15, -0.1) is 0 Å². The lowest BCUT2D eigenvalue weighted by Gasteiger charge is -2.22. The van der Waals surface area contributed by atoms with Crippen molar-refractivity contribution in [3.8, 4) is 0 Å². The molecule has 26 heavy (non-hydrogen) atoms. The summed E-state index contributed by atoms with van der Waals surface area (Å²) in [5.74, 6) is -0.599. The maximum absolute atomic E-state index is 12.6. The highest BCUT2D eigenvalue weighted by molar-refractivity contribution is 6.35. The molecule has 0 aromatic heterocycles. The summed E-state index contributed by atoms with van der Waals surface area (Å²) in [6.45, 7) is 2.17. The Bertz CT molecular complexity index is 729. The zero-order chi connectivity index (χ0) is 18.1. The lowest BCUT2D eigenvalue weighted by molar-refractivity contribution is -0.146. The molecule has 0 unspecified atom stereocenters. The SMILES string of the molecule is O=C(N[C@@H]1CCc2ccccc21)C(=O)N1CCCN(C(=O)C2CC2)CC1. The Morgan fingerprint density at radius 3 is 2.46 bits per heavy atom. The number of benzene rings is 1. The molecular formula is C20H25N3O3. The molecule has 6 nitrogen and oxygen atoms in total. The average molecular weight is 355 g/mol. The lowest BCUT2D eigenvalue weighted by Crippen LogP contribution is -2.45. The molecule has 1 heterocycles. The molecule has 2 aliphatic carbocycles. The highest BCUT2D eigenvalue weighted by Gasteiger charge is 2.35. The van der Waals surface area contributed by atoms with Crippen LogP contribution < -0.4 is 5.32 Å². The number of rotatable bonds is 2. The van der Waals surface area contributed by atoms with Gasteiger partial charge in [0.25, 0.3) is 0 Å². The molecule has 1 atom stereocenters. The smallest absolute Gasteiger partial charge is 0.311 e. The van der Waals surface area contributed by atoms with Crippen molar-refractivity contribution in [3.63, 3.8) is 0 Å². The van der Waals surface area contributed by atoms with E-state index in [2.05, 4.69) is 11.4 Å². The molecule has 1 N–H and O–H groups in total. The van der Waals surface area contributed by atoms with Crippen LogP contribution >= 0.6 is 0 Å². The van der Waals surface area contributed by atoms with E-state index in [9.17, 15) is 14.4 Å². The highest BCUT2D eigenvalue weighted by Crippen LogP contribution is 2.32. The van der Waals surface area contributed by atoms with Gasteiger partial charge in [0.15, 0.2) is 0 Å². The second kappa shape index (κ2) is 7.09. The first-order valence-electron chi connectivity index (χ1n) is 9.60. The summed E-state index contributed by atoms with van der Waals surface area (Å²) in [5, 5.41) is 2.90. The van der Waals surface area contributed by atoms with Gasteiger partial charge in [-0.2, -0.15) is 0 Å². The Hall–Kier alpha value is -2.37. The number of fused-ring (bicyclic) bond motifs is 1. The average Bonchev–Trinajstić information content (AvgIpc) is 3.46. The van der Waals surface area contributed by atoms with Crippen LogP contribution in [-0.4, -0.2) is 53.7 Å². The van der Waals surface area contributed by atoms with Gasteiger partial charge in [-0.25, -0.2) is 0 Å². The first-order valence-corrected chi connectivity index (χ1v) is 9.60. The minimum atomic E-state index is -0.534. The maximum Gasteiger partial charge on any atom is 0.311 e. The van der Waals surface area contributed by atoms with E-state index in [-0.39, 0.29) is 17.9 Å². The molecule has 0 radical (unpaired) electrons. The fourth-order valence-electron chi connectivity index (χ4n) is 4.00. The van der Waals surface area contributed by atoms with E-state index in [4.69, 9.17) is 0 Å². The zero-order valence-electron chi connectivity index (χ0n) is 14.9. The number of aryl methyl sites for hydroxylation is 1. The second-order valence-corrected chi connectivity index (χ2v) is 7.51. The quantitative estimate of drug-likeness (QED) is 0.812. The first-order chi connectivity index (χ1) is 12.6. The van der Waals surface area contributed by atoms with Crippen LogP contribution in [0, 0.1) is 5.92 Å². The number of nitrogens with zero attached hydrogens (tertiary/aromatic N) is 2. The topological polar surface area (TPSA) is 69.7 Å². The minimum absolute atomic E-state index is 0.0810. The number of amides is 3. The van der Waals surface area contributed by atoms with Gasteiger partial charge in [-0.3, -0.25) is 14.4 Å². The van der Waals surface area contributed by atoms with E-state index in [1.807, 2.05) is 23.1 Å². The molecule has 1 saturated carbocycles. The number of carbonyl (C=O) groups excluding carboxylic acids is 3. The van der Waals surface area contributed by atoms with Crippen LogP contribution in [-0.2, 0) is 20.8 Å². The third-order valence-electron chi connectivity index (χ3n) is 5.65. The second-order valence-electron chi connectivity index (χ2n) is 7.51. The largest absolute Gasteiger partial charge is 0.341 e. The lowest BCUT2D eigenvalue weighted by atomic mass is 10.1. The van der Waals surface area contributed by atoms with E-state index in [1.165, 1.54) is 5.56 Å². The van der Waals surface area contributed by atoms with Crippen molar-refractivity contribution in [3.05, 3.63) is 35.4 Å². The summed E-state index contributed by atoms with van der Waals surface area (Å²) in [7, 11) is 0. The predicted molar refractivity (Wildman–Crippen MR) is 96.1 cm³/mol. The van der Waals surface area contributed by atoms with E-state index in [0.29, 0.717) is 26.2 Å². The van der Waals surface area contributed by atoms with Gasteiger partial charge in [-0.1, -0.05) is 24.3 Å². The molecule has 138 valence electrons. The number of hydrogen-bond donors (Lipinski definition) is 1. The van der Waals surface area contributed by atoms with E-state index in [1.54, 1.807) is 4.90 Å². The maximum atomic E-state index is 12.6. The molecular weight excluding hydrogens is 330 g/mol. The van der Waals surface area contributed by atoms with E-state index < -0.39 is 11.8 Å². The molecule has 1 aromatic rings. The van der Waals surface area contributed by atoms with Crippen molar-refractivity contribution in [2.24, 2.45) is 5.92 Å². The third kappa shape index (κ3) is 3.45. The van der Waals surface area contributed by atoms with Gasteiger partial charge < -0.3 is 15.1 Å². The molecule has 3 amide bonds. The Labute approximate surface area is 153 Å². The first kappa shape index (κ1) is 17.1. The number of nitrogens with one attached hydrogen (secondary N) is 1. The van der Waals surface area contributed by atoms with Gasteiger partial charge in [0.1, 0.15) is 0 Å². The molecule has 0 spiro atoms. The summed E-state index contributed by atoms with van der Waals surface area (Å²) in [5.41, 5.74) is 2.36. The Kier molecular flexibility index (Phi) is 4.66. The number of carbonyl (C=O) groups is 3. The summed E-state index contributed by atoms with van der Waals surface area (Å²) < 4.78 is 0. The minimum Gasteiger partial charge on any atom is -0.341 e. The van der Waals surface area contributed by atoms with Gasteiger partial charge in [0, 0.05) is 32.1 Å². The highest BCUT2D eigenvalue weighted by atomic mass is 16.2. The molecule has 0 bridgehead atoms. The monoisotopic (exact) mass is 355 g/mol. The van der Waals surface area contributed by atoms with E-state index in [0.717, 1.165) is 37.7 Å². The van der Waals surface area contributed by atoms with Gasteiger partial charge in [-0.05, 0) is 43.2 Å². The third-order valence-corrected chi connectivity index (χ3v) is 5.65. The summed E-state index contributed by atoms with van der Waals surface area (Å²) >= 11 is 0. The summed E-state index contributed by atoms with van der Waals surface area (Å²) in [6, 6.07) is 7.97. The van der Waals surface area contributed by atoms with Crippen molar-refractivity contribution >= 4 is 17.7 Å². The van der Waals surface area contributed by atoms with Crippen molar-refractivity contribution in [1.29, 1.82) is 0 Å². The van der Waals surface area contributed by atoms with Crippen molar-refractivity contribution in [2.75, 3.05) is 26.2 Å². The van der Waals surface area contributed by atoms with Crippen molar-refractivity contribution in [1.82, 2.24) is 15.1 Å².